The van der Waals surface area contributed by atoms with Crippen molar-refractivity contribution in [1.29, 1.82) is 0 Å². The lowest BCUT2D eigenvalue weighted by Gasteiger charge is -2.07. The molecule has 1 rings (SSSR count). The van der Waals surface area contributed by atoms with E-state index in [1.807, 2.05) is 6.92 Å². The Bertz CT molecular complexity index is 489. The molecule has 0 heterocycles. The number of allylic oxidation sites excluding steroid dienone is 3. The summed E-state index contributed by atoms with van der Waals surface area (Å²) in [4.78, 5) is 11.5. The first kappa shape index (κ1) is 13.7. The van der Waals surface area contributed by atoms with Gasteiger partial charge in [0, 0.05) is 11.4 Å². The molecule has 2 N–H and O–H groups in total. The first-order valence-corrected chi connectivity index (χ1v) is 5.33. The second-order valence-corrected chi connectivity index (χ2v) is 3.79. The number of hydrogen-bond acceptors (Lipinski definition) is 1. The van der Waals surface area contributed by atoms with Gasteiger partial charge in [0.2, 0.25) is 0 Å². The molecule has 3 nitrogen and oxygen atoms in total. The van der Waals surface area contributed by atoms with Crippen LogP contribution in [0, 0.1) is 5.82 Å². The summed E-state index contributed by atoms with van der Waals surface area (Å²) in [6.07, 6.45) is 3.38. The lowest BCUT2D eigenvalue weighted by molar-refractivity contribution is 0.254. The third-order valence-electron chi connectivity index (χ3n) is 1.95. The molecule has 1 aromatic rings. The molecular formula is C14H15FN2O. The summed E-state index contributed by atoms with van der Waals surface area (Å²) in [7, 11) is 0. The van der Waals surface area contributed by atoms with E-state index in [1.54, 1.807) is 12.2 Å². The minimum atomic E-state index is -0.432. The minimum absolute atomic E-state index is 0.352. The highest BCUT2D eigenvalue weighted by Gasteiger charge is 2.01. The molecule has 0 saturated heterocycles. The van der Waals surface area contributed by atoms with Crippen molar-refractivity contribution in [2.24, 2.45) is 0 Å². The van der Waals surface area contributed by atoms with Crippen LogP contribution in [0.5, 0.6) is 0 Å². The van der Waals surface area contributed by atoms with Crippen molar-refractivity contribution >= 4 is 11.7 Å². The van der Waals surface area contributed by atoms with Gasteiger partial charge in [-0.15, -0.1) is 0 Å². The first-order valence-electron chi connectivity index (χ1n) is 5.33. The number of urea groups is 1. The fourth-order valence-corrected chi connectivity index (χ4v) is 1.13. The molecule has 0 aromatic heterocycles. The average molecular weight is 246 g/mol. The number of halogens is 1. The van der Waals surface area contributed by atoms with Crippen LogP contribution < -0.4 is 10.6 Å². The molecule has 0 aliphatic carbocycles. The first-order chi connectivity index (χ1) is 8.47. The standard InChI is InChI=1S/C14H15FN2O/c1-10(2)4-5-11(3)16-14(18)17-13-8-6-12(15)7-9-13/h4-9H,1,3H2,2H3,(H2,16,17,18)/b5-4-. The van der Waals surface area contributed by atoms with Crippen LogP contribution >= 0.6 is 0 Å². The molecule has 0 aliphatic heterocycles. The van der Waals surface area contributed by atoms with Crippen molar-refractivity contribution in [3.05, 3.63) is 66.7 Å². The molecule has 0 saturated carbocycles. The summed E-state index contributed by atoms with van der Waals surface area (Å²) in [5.74, 6) is -0.352. The van der Waals surface area contributed by atoms with E-state index in [0.717, 1.165) is 5.57 Å². The van der Waals surface area contributed by atoms with Gasteiger partial charge in [-0.1, -0.05) is 24.8 Å². The van der Waals surface area contributed by atoms with Gasteiger partial charge in [0.05, 0.1) is 0 Å². The lowest BCUT2D eigenvalue weighted by Crippen LogP contribution is -2.26. The zero-order valence-electron chi connectivity index (χ0n) is 10.2. The van der Waals surface area contributed by atoms with Gasteiger partial charge in [0.15, 0.2) is 0 Å². The highest BCUT2D eigenvalue weighted by molar-refractivity contribution is 5.90. The molecule has 0 unspecified atom stereocenters. The van der Waals surface area contributed by atoms with E-state index < -0.39 is 6.03 Å². The zero-order valence-corrected chi connectivity index (χ0v) is 10.2. The van der Waals surface area contributed by atoms with E-state index >= 15 is 0 Å². The zero-order chi connectivity index (χ0) is 13.5. The van der Waals surface area contributed by atoms with E-state index in [-0.39, 0.29) is 5.82 Å². The molecule has 94 valence electrons. The van der Waals surface area contributed by atoms with Crippen LogP contribution in [-0.4, -0.2) is 6.03 Å². The van der Waals surface area contributed by atoms with Crippen LogP contribution in [0.3, 0.4) is 0 Å². The third-order valence-corrected chi connectivity index (χ3v) is 1.95. The fraction of sp³-hybridized carbons (Fsp3) is 0.0714. The van der Waals surface area contributed by atoms with Gasteiger partial charge in [0.25, 0.3) is 0 Å². The van der Waals surface area contributed by atoms with E-state index in [0.29, 0.717) is 11.4 Å². The van der Waals surface area contributed by atoms with Crippen molar-refractivity contribution in [2.75, 3.05) is 5.32 Å². The highest BCUT2D eigenvalue weighted by atomic mass is 19.1. The average Bonchev–Trinajstić information content (AvgIpc) is 2.29. The molecule has 18 heavy (non-hydrogen) atoms. The molecular weight excluding hydrogens is 231 g/mol. The predicted molar refractivity (Wildman–Crippen MR) is 71.6 cm³/mol. The van der Waals surface area contributed by atoms with Crippen molar-refractivity contribution in [2.45, 2.75) is 6.92 Å². The minimum Gasteiger partial charge on any atom is -0.308 e. The maximum absolute atomic E-state index is 12.7. The highest BCUT2D eigenvalue weighted by Crippen LogP contribution is 2.08. The summed E-state index contributed by atoms with van der Waals surface area (Å²) < 4.78 is 12.7. The number of hydrogen-bond donors (Lipinski definition) is 2. The normalized spacial score (nSPS) is 10.1. The molecule has 1 aromatic carbocycles. The third kappa shape index (κ3) is 5.12. The maximum Gasteiger partial charge on any atom is 0.323 e. The van der Waals surface area contributed by atoms with Crippen LogP contribution in [0.1, 0.15) is 6.92 Å². The van der Waals surface area contributed by atoms with Crippen LogP contribution in [-0.2, 0) is 0 Å². The van der Waals surface area contributed by atoms with E-state index in [4.69, 9.17) is 0 Å². The fourth-order valence-electron chi connectivity index (χ4n) is 1.13. The second-order valence-electron chi connectivity index (χ2n) is 3.79. The lowest BCUT2D eigenvalue weighted by atomic mass is 10.3. The van der Waals surface area contributed by atoms with Gasteiger partial charge < -0.3 is 10.6 Å². The Morgan fingerprint density at radius 1 is 1.22 bits per heavy atom. The Balaban J connectivity index is 2.49. The monoisotopic (exact) mass is 246 g/mol. The molecule has 0 fully saturated rings. The van der Waals surface area contributed by atoms with Gasteiger partial charge in [-0.2, -0.15) is 0 Å². The van der Waals surface area contributed by atoms with E-state index in [1.165, 1.54) is 24.3 Å². The number of benzene rings is 1. The largest absolute Gasteiger partial charge is 0.323 e. The SMILES string of the molecule is C=C(C)/C=C\C(=C)NC(=O)Nc1ccc(F)cc1. The summed E-state index contributed by atoms with van der Waals surface area (Å²) in [6, 6.07) is 5.05. The number of nitrogens with one attached hydrogen (secondary N) is 2. The number of anilines is 1. The van der Waals surface area contributed by atoms with Crippen molar-refractivity contribution in [3.8, 4) is 0 Å². The van der Waals surface area contributed by atoms with E-state index in [9.17, 15) is 9.18 Å². The smallest absolute Gasteiger partial charge is 0.308 e. The summed E-state index contributed by atoms with van der Waals surface area (Å²) in [5, 5.41) is 5.09. The molecule has 0 radical (unpaired) electrons. The van der Waals surface area contributed by atoms with Gasteiger partial charge in [-0.05, 0) is 37.3 Å². The molecule has 0 atom stereocenters. The number of carbonyl (C=O) groups is 1. The van der Waals surface area contributed by atoms with Crippen LogP contribution in [0.4, 0.5) is 14.9 Å². The van der Waals surface area contributed by atoms with Gasteiger partial charge in [-0.3, -0.25) is 0 Å². The quantitative estimate of drug-likeness (QED) is 0.783. The maximum atomic E-state index is 12.7. The van der Waals surface area contributed by atoms with Crippen molar-refractivity contribution < 1.29 is 9.18 Å². The topological polar surface area (TPSA) is 41.1 Å². The summed E-state index contributed by atoms with van der Waals surface area (Å²) >= 11 is 0. The Morgan fingerprint density at radius 3 is 2.39 bits per heavy atom. The second kappa shape index (κ2) is 6.39. The van der Waals surface area contributed by atoms with Crippen LogP contribution in [0.25, 0.3) is 0 Å². The summed E-state index contributed by atoms with van der Waals surface area (Å²) in [5.41, 5.74) is 1.81. The van der Waals surface area contributed by atoms with Crippen LogP contribution in [0.15, 0.2) is 60.8 Å². The summed E-state index contributed by atoms with van der Waals surface area (Å²) in [6.45, 7) is 9.19. The number of carbonyl (C=O) groups excluding carboxylic acids is 1. The van der Waals surface area contributed by atoms with Crippen molar-refractivity contribution in [1.82, 2.24) is 5.32 Å². The molecule has 0 bridgehead atoms. The predicted octanol–water partition coefficient (Wildman–Crippen LogP) is 3.59. The van der Waals surface area contributed by atoms with Crippen LogP contribution in [0.2, 0.25) is 0 Å². The van der Waals surface area contributed by atoms with Gasteiger partial charge in [-0.25, -0.2) is 9.18 Å². The number of rotatable bonds is 4. The number of amides is 2. The van der Waals surface area contributed by atoms with E-state index in [2.05, 4.69) is 23.8 Å². The molecule has 0 spiro atoms. The molecule has 0 aliphatic rings. The Labute approximate surface area is 106 Å². The molecule has 2 amide bonds. The Hall–Kier alpha value is -2.36. The van der Waals surface area contributed by atoms with Gasteiger partial charge in [0.1, 0.15) is 5.82 Å². The molecule has 4 heteroatoms. The van der Waals surface area contributed by atoms with Gasteiger partial charge >= 0.3 is 6.03 Å². The Morgan fingerprint density at radius 2 is 1.83 bits per heavy atom. The Kier molecular flexibility index (Phi) is 4.87. The van der Waals surface area contributed by atoms with Crippen molar-refractivity contribution in [3.63, 3.8) is 0 Å².